The molecule has 0 unspecified atom stereocenters. The van der Waals surface area contributed by atoms with Crippen molar-refractivity contribution < 1.29 is 13.2 Å². The molecule has 2 rings (SSSR count). The standard InChI is InChI=1S/C14H22F3N3/c1-13(2,3)20-8-6-10(14(15,16)17)9-12(20)11-5-7-18-19(11)4/h5,7,10,12H,6,8-9H2,1-4H3/t10-,12+/m0/s1. The zero-order valence-corrected chi connectivity index (χ0v) is 12.4. The topological polar surface area (TPSA) is 21.1 Å². The highest BCUT2D eigenvalue weighted by Crippen LogP contribution is 2.44. The molecule has 0 aliphatic carbocycles. The van der Waals surface area contributed by atoms with Gasteiger partial charge in [-0.2, -0.15) is 18.3 Å². The number of likely N-dealkylation sites (tertiary alicyclic amines) is 1. The maximum absolute atomic E-state index is 13.0. The molecule has 20 heavy (non-hydrogen) atoms. The van der Waals surface area contributed by atoms with Crippen molar-refractivity contribution in [1.29, 1.82) is 0 Å². The Hall–Kier alpha value is -1.04. The van der Waals surface area contributed by atoms with Crippen LogP contribution in [-0.4, -0.2) is 32.9 Å². The number of hydrogen-bond donors (Lipinski definition) is 0. The summed E-state index contributed by atoms with van der Waals surface area (Å²) in [6, 6.07) is 1.59. The van der Waals surface area contributed by atoms with Crippen LogP contribution < -0.4 is 0 Å². The first-order chi connectivity index (χ1) is 9.10. The fourth-order valence-electron chi connectivity index (χ4n) is 3.06. The number of aromatic nitrogens is 2. The number of rotatable bonds is 1. The molecule has 0 bridgehead atoms. The van der Waals surface area contributed by atoms with E-state index in [2.05, 4.69) is 10.00 Å². The summed E-state index contributed by atoms with van der Waals surface area (Å²) < 4.78 is 40.8. The Bertz CT molecular complexity index is 459. The maximum atomic E-state index is 13.0. The first kappa shape index (κ1) is 15.4. The van der Waals surface area contributed by atoms with Crippen molar-refractivity contribution in [2.45, 2.75) is 51.4 Å². The third kappa shape index (κ3) is 3.00. The predicted octanol–water partition coefficient (Wildman–Crippen LogP) is 3.53. The molecule has 1 saturated heterocycles. The van der Waals surface area contributed by atoms with E-state index in [1.54, 1.807) is 17.9 Å². The average molecular weight is 289 g/mol. The van der Waals surface area contributed by atoms with Crippen LogP contribution in [0.4, 0.5) is 13.2 Å². The molecule has 0 amide bonds. The van der Waals surface area contributed by atoms with Gasteiger partial charge in [-0.3, -0.25) is 9.58 Å². The van der Waals surface area contributed by atoms with Gasteiger partial charge in [0.05, 0.1) is 17.7 Å². The van der Waals surface area contributed by atoms with E-state index in [4.69, 9.17) is 0 Å². The van der Waals surface area contributed by atoms with E-state index < -0.39 is 12.1 Å². The molecule has 0 aromatic carbocycles. The number of halogens is 3. The van der Waals surface area contributed by atoms with Crippen molar-refractivity contribution in [3.05, 3.63) is 18.0 Å². The van der Waals surface area contributed by atoms with Crippen molar-refractivity contribution in [3.8, 4) is 0 Å². The van der Waals surface area contributed by atoms with Crippen molar-refractivity contribution in [2.24, 2.45) is 13.0 Å². The van der Waals surface area contributed by atoms with Gasteiger partial charge in [0.15, 0.2) is 0 Å². The number of nitrogens with zero attached hydrogens (tertiary/aromatic N) is 3. The lowest BCUT2D eigenvalue weighted by Gasteiger charge is -2.47. The van der Waals surface area contributed by atoms with Crippen LogP contribution >= 0.6 is 0 Å². The van der Waals surface area contributed by atoms with E-state index in [1.165, 1.54) is 0 Å². The summed E-state index contributed by atoms with van der Waals surface area (Å²) in [6.07, 6.45) is -2.18. The summed E-state index contributed by atoms with van der Waals surface area (Å²) in [4.78, 5) is 2.16. The van der Waals surface area contributed by atoms with E-state index in [0.717, 1.165) is 5.69 Å². The van der Waals surface area contributed by atoms with Crippen LogP contribution in [0.3, 0.4) is 0 Å². The molecule has 1 aromatic rings. The van der Waals surface area contributed by atoms with Gasteiger partial charge in [0, 0.05) is 18.8 Å². The number of alkyl halides is 3. The Morgan fingerprint density at radius 3 is 2.35 bits per heavy atom. The minimum atomic E-state index is -4.11. The zero-order valence-electron chi connectivity index (χ0n) is 12.4. The summed E-state index contributed by atoms with van der Waals surface area (Å²) in [6.45, 7) is 6.60. The molecule has 114 valence electrons. The molecular formula is C14H22F3N3. The molecule has 1 aliphatic rings. The van der Waals surface area contributed by atoms with Crippen molar-refractivity contribution in [3.63, 3.8) is 0 Å². The van der Waals surface area contributed by atoms with Crippen molar-refractivity contribution in [1.82, 2.24) is 14.7 Å². The van der Waals surface area contributed by atoms with E-state index in [9.17, 15) is 13.2 Å². The highest BCUT2D eigenvalue weighted by atomic mass is 19.4. The Balaban J connectivity index is 2.31. The van der Waals surface area contributed by atoms with Crippen LogP contribution in [0.2, 0.25) is 0 Å². The molecule has 3 nitrogen and oxygen atoms in total. The van der Waals surface area contributed by atoms with E-state index in [-0.39, 0.29) is 24.4 Å². The average Bonchev–Trinajstić information content (AvgIpc) is 2.72. The van der Waals surface area contributed by atoms with Crippen LogP contribution in [0, 0.1) is 5.92 Å². The summed E-state index contributed by atoms with van der Waals surface area (Å²) in [5.74, 6) is -1.22. The highest BCUT2D eigenvalue weighted by Gasteiger charge is 2.47. The summed E-state index contributed by atoms with van der Waals surface area (Å²) in [7, 11) is 1.79. The predicted molar refractivity (Wildman–Crippen MR) is 71.2 cm³/mol. The van der Waals surface area contributed by atoms with Gasteiger partial charge in [0.1, 0.15) is 0 Å². The first-order valence-electron chi connectivity index (χ1n) is 6.92. The largest absolute Gasteiger partial charge is 0.391 e. The molecule has 0 radical (unpaired) electrons. The molecule has 2 heterocycles. The number of aryl methyl sites for hydroxylation is 1. The normalized spacial score (nSPS) is 25.9. The maximum Gasteiger partial charge on any atom is 0.391 e. The fraction of sp³-hybridized carbons (Fsp3) is 0.786. The summed E-state index contributed by atoms with van der Waals surface area (Å²) >= 11 is 0. The van der Waals surface area contributed by atoms with Crippen LogP contribution in [0.1, 0.15) is 45.3 Å². The van der Waals surface area contributed by atoms with Gasteiger partial charge in [-0.1, -0.05) is 0 Å². The molecule has 1 aromatic heterocycles. The molecule has 1 fully saturated rings. The van der Waals surface area contributed by atoms with Gasteiger partial charge in [0.25, 0.3) is 0 Å². The van der Waals surface area contributed by atoms with E-state index in [0.29, 0.717) is 6.54 Å². The lowest BCUT2D eigenvalue weighted by molar-refractivity contribution is -0.194. The molecule has 0 N–H and O–H groups in total. The molecule has 0 saturated carbocycles. The molecule has 1 aliphatic heterocycles. The Morgan fingerprint density at radius 1 is 1.25 bits per heavy atom. The van der Waals surface area contributed by atoms with Gasteiger partial charge in [-0.25, -0.2) is 0 Å². The van der Waals surface area contributed by atoms with Gasteiger partial charge < -0.3 is 0 Å². The Labute approximate surface area is 117 Å². The minimum Gasteiger partial charge on any atom is -0.290 e. The molecular weight excluding hydrogens is 267 g/mol. The van der Waals surface area contributed by atoms with Crippen molar-refractivity contribution >= 4 is 0 Å². The summed E-state index contributed by atoms with van der Waals surface area (Å²) in [5, 5.41) is 4.10. The van der Waals surface area contributed by atoms with Crippen LogP contribution in [-0.2, 0) is 7.05 Å². The third-order valence-corrected chi connectivity index (χ3v) is 4.13. The second-order valence-electron chi connectivity index (χ2n) is 6.52. The first-order valence-corrected chi connectivity index (χ1v) is 6.92. The Morgan fingerprint density at radius 2 is 1.90 bits per heavy atom. The van der Waals surface area contributed by atoms with Gasteiger partial charge in [0.2, 0.25) is 0 Å². The smallest absolute Gasteiger partial charge is 0.290 e. The number of piperidine rings is 1. The van der Waals surface area contributed by atoms with Gasteiger partial charge in [-0.05, 0) is 46.2 Å². The van der Waals surface area contributed by atoms with E-state index >= 15 is 0 Å². The molecule has 0 spiro atoms. The minimum absolute atomic E-state index is 0.111. The molecule has 2 atom stereocenters. The molecule has 6 heteroatoms. The quantitative estimate of drug-likeness (QED) is 0.788. The fourth-order valence-corrected chi connectivity index (χ4v) is 3.06. The van der Waals surface area contributed by atoms with Gasteiger partial charge in [-0.15, -0.1) is 0 Å². The second-order valence-corrected chi connectivity index (χ2v) is 6.52. The summed E-state index contributed by atoms with van der Waals surface area (Å²) in [5.41, 5.74) is 0.694. The zero-order chi connectivity index (χ0) is 15.1. The lowest BCUT2D eigenvalue weighted by atomic mass is 9.85. The van der Waals surface area contributed by atoms with Crippen LogP contribution in [0.25, 0.3) is 0 Å². The van der Waals surface area contributed by atoms with Crippen LogP contribution in [0.5, 0.6) is 0 Å². The SMILES string of the molecule is Cn1nccc1[C@H]1C[C@@H](C(F)(F)F)CCN1C(C)(C)C. The number of hydrogen-bond acceptors (Lipinski definition) is 2. The highest BCUT2D eigenvalue weighted by molar-refractivity contribution is 5.10. The van der Waals surface area contributed by atoms with Gasteiger partial charge >= 0.3 is 6.18 Å². The van der Waals surface area contributed by atoms with E-state index in [1.807, 2.05) is 26.8 Å². The Kier molecular flexibility index (Phi) is 3.88. The van der Waals surface area contributed by atoms with Crippen molar-refractivity contribution in [2.75, 3.05) is 6.54 Å². The lowest BCUT2D eigenvalue weighted by Crippen LogP contribution is -2.50. The monoisotopic (exact) mass is 289 g/mol. The van der Waals surface area contributed by atoms with Crippen LogP contribution in [0.15, 0.2) is 12.3 Å². The second kappa shape index (κ2) is 5.06. The third-order valence-electron chi connectivity index (χ3n) is 4.13.